The second-order valence-electron chi connectivity index (χ2n) is 7.22. The number of imidazole rings is 1. The van der Waals surface area contributed by atoms with Crippen molar-refractivity contribution in [2.45, 2.75) is 24.5 Å². The van der Waals surface area contributed by atoms with Gasteiger partial charge in [-0.2, -0.15) is 14.6 Å². The van der Waals surface area contributed by atoms with Crippen molar-refractivity contribution in [2.24, 2.45) is 7.05 Å². The molecule has 1 saturated heterocycles. The van der Waals surface area contributed by atoms with Crippen molar-refractivity contribution in [1.82, 2.24) is 28.7 Å². The monoisotopic (exact) mass is 478 g/mol. The minimum Gasteiger partial charge on any atom is -0.386 e. The Balaban J connectivity index is 1.75. The molecule has 15 nitrogen and oxygen atoms in total. The van der Waals surface area contributed by atoms with Gasteiger partial charge in [0.15, 0.2) is 17.4 Å². The zero-order valence-corrected chi connectivity index (χ0v) is 18.3. The van der Waals surface area contributed by atoms with Crippen LogP contribution in [0.3, 0.4) is 0 Å². The van der Waals surface area contributed by atoms with E-state index in [2.05, 4.69) is 15.1 Å². The Kier molecular flexibility index (Phi) is 5.43. The summed E-state index contributed by atoms with van der Waals surface area (Å²) in [5, 5.41) is 14.7. The molecule has 0 aliphatic carbocycles. The number of nitrogens with zero attached hydrogens (tertiary/aromatic N) is 6. The quantitative estimate of drug-likeness (QED) is 0.369. The molecule has 0 spiro atoms. The fourth-order valence-electron chi connectivity index (χ4n) is 3.30. The van der Waals surface area contributed by atoms with E-state index in [1.54, 1.807) is 7.05 Å². The maximum absolute atomic E-state index is 12.6. The Morgan fingerprint density at radius 3 is 2.58 bits per heavy atom. The Morgan fingerprint density at radius 1 is 1.23 bits per heavy atom. The van der Waals surface area contributed by atoms with Gasteiger partial charge in [0.1, 0.15) is 24.6 Å². The standard InChI is InChI=1S/C14H20N6O9P2/c1-18-6-16-20-12(22)8-11(17-14(18)20)19(5-15-8)13-9(21)10(29-31(3,25)26)7(28-13)4-27-30(2,23)24/h5-7,9-10,13,21H,4H2,1-3H3,(H,23,24)(H,25,26)/t7-,9-,10-,13-/m1/s1. The largest absolute Gasteiger partial charge is 0.386 e. The second-order valence-corrected chi connectivity index (χ2v) is 10.9. The van der Waals surface area contributed by atoms with Crippen molar-refractivity contribution < 1.29 is 37.8 Å². The molecule has 1 aliphatic heterocycles. The summed E-state index contributed by atoms with van der Waals surface area (Å²) in [6.07, 6.45) is -2.71. The van der Waals surface area contributed by atoms with E-state index in [-0.39, 0.29) is 16.9 Å². The first-order valence-corrected chi connectivity index (χ1v) is 12.9. The number of aromatic nitrogens is 6. The van der Waals surface area contributed by atoms with Gasteiger partial charge in [-0.1, -0.05) is 0 Å². The number of aliphatic hydroxyl groups excluding tert-OH is 1. The summed E-state index contributed by atoms with van der Waals surface area (Å²) in [5.41, 5.74) is -0.508. The van der Waals surface area contributed by atoms with Gasteiger partial charge in [-0.15, -0.1) is 0 Å². The lowest BCUT2D eigenvalue weighted by Crippen LogP contribution is -2.35. The van der Waals surface area contributed by atoms with Gasteiger partial charge in [-0.25, -0.2) is 4.98 Å². The van der Waals surface area contributed by atoms with Gasteiger partial charge in [-0.05, 0) is 0 Å². The molecule has 0 amide bonds. The highest BCUT2D eigenvalue weighted by atomic mass is 31.2. The predicted molar refractivity (Wildman–Crippen MR) is 104 cm³/mol. The summed E-state index contributed by atoms with van der Waals surface area (Å²) in [6.45, 7) is 1.38. The first kappa shape index (κ1) is 22.2. The van der Waals surface area contributed by atoms with E-state index in [9.17, 15) is 28.8 Å². The summed E-state index contributed by atoms with van der Waals surface area (Å²) in [4.78, 5) is 40.0. The molecule has 2 unspecified atom stereocenters. The fraction of sp³-hybridized carbons (Fsp3) is 0.571. The zero-order valence-electron chi connectivity index (χ0n) is 16.5. The topological polar surface area (TPSA) is 193 Å². The van der Waals surface area contributed by atoms with Crippen molar-refractivity contribution in [3.8, 4) is 0 Å². The molecule has 0 bridgehead atoms. The zero-order chi connectivity index (χ0) is 22.7. The highest BCUT2D eigenvalue weighted by Crippen LogP contribution is 2.46. The lowest BCUT2D eigenvalue weighted by atomic mass is 10.1. The van der Waals surface area contributed by atoms with Crippen LogP contribution < -0.4 is 5.56 Å². The van der Waals surface area contributed by atoms with Crippen LogP contribution >= 0.6 is 15.2 Å². The van der Waals surface area contributed by atoms with Gasteiger partial charge in [0.25, 0.3) is 0 Å². The number of ether oxygens (including phenoxy) is 1. The normalized spacial score (nSPS) is 28.2. The molecular formula is C14H20N6O9P2. The van der Waals surface area contributed by atoms with Crippen molar-refractivity contribution in [3.63, 3.8) is 0 Å². The van der Waals surface area contributed by atoms with Crippen LogP contribution in [-0.4, -0.2) is 81.9 Å². The molecule has 0 aromatic carbocycles. The molecule has 0 saturated carbocycles. The molecule has 3 aromatic heterocycles. The van der Waals surface area contributed by atoms with E-state index in [0.717, 1.165) is 17.8 Å². The van der Waals surface area contributed by atoms with Crippen LogP contribution in [0.5, 0.6) is 0 Å². The molecule has 17 heteroatoms. The Bertz CT molecular complexity index is 1290. The summed E-state index contributed by atoms with van der Waals surface area (Å²) in [7, 11) is -6.34. The number of hydrogen-bond donors (Lipinski definition) is 3. The van der Waals surface area contributed by atoms with Gasteiger partial charge in [0.2, 0.25) is 5.78 Å². The van der Waals surface area contributed by atoms with Gasteiger partial charge in [0, 0.05) is 20.4 Å². The van der Waals surface area contributed by atoms with Gasteiger partial charge in [0.05, 0.1) is 12.9 Å². The molecule has 3 N–H and O–H groups in total. The molecule has 6 atom stereocenters. The molecule has 3 aromatic rings. The number of fused-ring (bicyclic) bond motifs is 2. The summed E-state index contributed by atoms with van der Waals surface area (Å²) in [5.74, 6) is 0.208. The molecule has 4 rings (SSSR count). The van der Waals surface area contributed by atoms with E-state index in [4.69, 9.17) is 13.8 Å². The average molecular weight is 478 g/mol. The van der Waals surface area contributed by atoms with Crippen molar-refractivity contribution in [2.75, 3.05) is 19.9 Å². The van der Waals surface area contributed by atoms with Crippen molar-refractivity contribution in [3.05, 3.63) is 23.0 Å². The van der Waals surface area contributed by atoms with E-state index in [1.807, 2.05) is 0 Å². The van der Waals surface area contributed by atoms with E-state index in [0.29, 0.717) is 0 Å². The van der Waals surface area contributed by atoms with E-state index >= 15 is 0 Å². The highest BCUT2D eigenvalue weighted by molar-refractivity contribution is 7.52. The number of hydrogen-bond acceptors (Lipinski definition) is 10. The maximum atomic E-state index is 12.6. The SMILES string of the molecule is Cn1cnn2c(=O)c3ncn([C@@H]4O[C@H](COP(C)(=O)O)[C@@H](OP(C)(=O)O)[C@H]4O)c3nc12. The van der Waals surface area contributed by atoms with E-state index < -0.39 is 51.9 Å². The summed E-state index contributed by atoms with van der Waals surface area (Å²) in [6, 6.07) is 0. The van der Waals surface area contributed by atoms with Crippen LogP contribution in [0.15, 0.2) is 17.4 Å². The smallest absolute Gasteiger partial charge is 0.325 e. The second kappa shape index (κ2) is 7.57. The number of aryl methyl sites for hydroxylation is 1. The lowest BCUT2D eigenvalue weighted by molar-refractivity contribution is -0.0478. The molecule has 1 aliphatic rings. The summed E-state index contributed by atoms with van der Waals surface area (Å²) >= 11 is 0. The van der Waals surface area contributed by atoms with Crippen molar-refractivity contribution in [1.29, 1.82) is 0 Å². The van der Waals surface area contributed by atoms with Crippen LogP contribution in [0.25, 0.3) is 16.9 Å². The predicted octanol–water partition coefficient (Wildman–Crippen LogP) is -0.932. The van der Waals surface area contributed by atoms with Gasteiger partial charge < -0.3 is 28.7 Å². The average Bonchev–Trinajstić information content (AvgIpc) is 3.30. The third-order valence-corrected chi connectivity index (χ3v) is 5.86. The Hall–Kier alpha value is -1.96. The highest BCUT2D eigenvalue weighted by Gasteiger charge is 2.48. The van der Waals surface area contributed by atoms with Crippen molar-refractivity contribution >= 4 is 32.1 Å². The van der Waals surface area contributed by atoms with E-state index in [1.165, 1.54) is 21.8 Å². The molecule has 170 valence electrons. The van der Waals surface area contributed by atoms with Crippen LogP contribution in [0.2, 0.25) is 0 Å². The maximum Gasteiger partial charge on any atom is 0.325 e. The molecule has 0 radical (unpaired) electrons. The minimum absolute atomic E-state index is 0.0408. The van der Waals surface area contributed by atoms with Crippen LogP contribution in [-0.2, 0) is 30.0 Å². The lowest BCUT2D eigenvalue weighted by Gasteiger charge is -2.22. The number of aliphatic hydroxyl groups is 1. The van der Waals surface area contributed by atoms with Gasteiger partial charge in [-0.3, -0.25) is 23.0 Å². The molecule has 4 heterocycles. The fourth-order valence-corrected chi connectivity index (χ4v) is 4.44. The first-order chi connectivity index (χ1) is 14.4. The molecule has 1 fully saturated rings. The Morgan fingerprint density at radius 2 is 1.94 bits per heavy atom. The summed E-state index contributed by atoms with van der Waals surface area (Å²) < 4.78 is 42.8. The molecular weight excluding hydrogens is 458 g/mol. The van der Waals surface area contributed by atoms with Crippen LogP contribution in [0.4, 0.5) is 0 Å². The Labute approximate surface area is 173 Å². The van der Waals surface area contributed by atoms with Gasteiger partial charge >= 0.3 is 20.8 Å². The van der Waals surface area contributed by atoms with Crippen LogP contribution in [0.1, 0.15) is 6.23 Å². The van der Waals surface area contributed by atoms with Crippen LogP contribution in [0, 0.1) is 0 Å². The third-order valence-electron chi connectivity index (χ3n) is 4.59. The minimum atomic E-state index is -4.08. The first-order valence-electron chi connectivity index (χ1n) is 8.89. The number of rotatable bonds is 6. The third kappa shape index (κ3) is 4.23. The molecule has 31 heavy (non-hydrogen) atoms.